The van der Waals surface area contributed by atoms with Crippen LogP contribution in [0.15, 0.2) is 23.1 Å². The van der Waals surface area contributed by atoms with Crippen LogP contribution >= 0.6 is 23.2 Å². The van der Waals surface area contributed by atoms with Crippen molar-refractivity contribution >= 4 is 33.0 Å². The van der Waals surface area contributed by atoms with Gasteiger partial charge in [-0.3, -0.25) is 0 Å². The number of halogens is 2. The molecule has 0 saturated heterocycles. The van der Waals surface area contributed by atoms with Crippen LogP contribution in [-0.4, -0.2) is 50.4 Å². The minimum Gasteiger partial charge on any atom is -0.393 e. The molecule has 0 amide bonds. The highest BCUT2D eigenvalue weighted by Gasteiger charge is 2.19. The monoisotopic (exact) mass is 339 g/mol. The SMILES string of the molecule is CC(O)CCN(C)CCS(=O)(=O)c1cc(Cl)ccc1Cl. The normalized spacial score (nSPS) is 13.7. The molecule has 1 unspecified atom stereocenters. The summed E-state index contributed by atoms with van der Waals surface area (Å²) in [4.78, 5) is 1.93. The third-order valence-corrected chi connectivity index (χ3v) is 5.30. The smallest absolute Gasteiger partial charge is 0.181 e. The van der Waals surface area contributed by atoms with E-state index < -0.39 is 15.9 Å². The second-order valence-corrected chi connectivity index (χ2v) is 7.76. The second kappa shape index (κ2) is 7.61. The van der Waals surface area contributed by atoms with E-state index >= 15 is 0 Å². The van der Waals surface area contributed by atoms with Crippen molar-refractivity contribution in [3.05, 3.63) is 28.2 Å². The van der Waals surface area contributed by atoms with Crippen LogP contribution in [-0.2, 0) is 9.84 Å². The average Bonchev–Trinajstić information content (AvgIpc) is 2.36. The fraction of sp³-hybridized carbons (Fsp3) is 0.538. The van der Waals surface area contributed by atoms with Crippen LogP contribution in [0.5, 0.6) is 0 Å². The van der Waals surface area contributed by atoms with E-state index in [0.717, 1.165) is 0 Å². The highest BCUT2D eigenvalue weighted by atomic mass is 35.5. The van der Waals surface area contributed by atoms with Gasteiger partial charge in [0.15, 0.2) is 9.84 Å². The standard InChI is InChI=1S/C13H19Cl2NO3S/c1-10(17)5-6-16(2)7-8-20(18,19)13-9-11(14)3-4-12(13)15/h3-4,9-10,17H,5-8H2,1-2H3. The molecule has 0 aromatic heterocycles. The number of hydrogen-bond donors (Lipinski definition) is 1. The molecule has 0 bridgehead atoms. The molecule has 0 saturated carbocycles. The summed E-state index contributed by atoms with van der Waals surface area (Å²) in [6, 6.07) is 4.40. The summed E-state index contributed by atoms with van der Waals surface area (Å²) in [5.41, 5.74) is 0. The minimum atomic E-state index is -3.47. The lowest BCUT2D eigenvalue weighted by Gasteiger charge is -2.17. The van der Waals surface area contributed by atoms with E-state index in [-0.39, 0.29) is 15.7 Å². The van der Waals surface area contributed by atoms with E-state index in [4.69, 9.17) is 23.2 Å². The quantitative estimate of drug-likeness (QED) is 0.828. The third-order valence-electron chi connectivity index (χ3n) is 2.90. The molecule has 0 aliphatic carbocycles. The van der Waals surface area contributed by atoms with E-state index in [0.29, 0.717) is 24.5 Å². The molecule has 0 radical (unpaired) electrons. The van der Waals surface area contributed by atoms with Crippen LogP contribution in [0.3, 0.4) is 0 Å². The average molecular weight is 340 g/mol. The maximum Gasteiger partial charge on any atom is 0.181 e. The zero-order valence-electron chi connectivity index (χ0n) is 11.5. The molecule has 1 rings (SSSR count). The lowest BCUT2D eigenvalue weighted by Crippen LogP contribution is -2.28. The van der Waals surface area contributed by atoms with Gasteiger partial charge in [0.05, 0.1) is 21.8 Å². The van der Waals surface area contributed by atoms with Crippen molar-refractivity contribution in [3.63, 3.8) is 0 Å². The summed E-state index contributed by atoms with van der Waals surface area (Å²) in [6.45, 7) is 2.71. The summed E-state index contributed by atoms with van der Waals surface area (Å²) < 4.78 is 24.5. The summed E-state index contributed by atoms with van der Waals surface area (Å²) >= 11 is 11.7. The molecule has 1 aromatic rings. The van der Waals surface area contributed by atoms with Gasteiger partial charge in [-0.25, -0.2) is 8.42 Å². The van der Waals surface area contributed by atoms with Gasteiger partial charge in [0.1, 0.15) is 0 Å². The Kier molecular flexibility index (Phi) is 6.75. The van der Waals surface area contributed by atoms with Gasteiger partial charge in [0.25, 0.3) is 0 Å². The van der Waals surface area contributed by atoms with Gasteiger partial charge in [-0.05, 0) is 38.6 Å². The van der Waals surface area contributed by atoms with E-state index in [1.807, 2.05) is 11.9 Å². The van der Waals surface area contributed by atoms with Crippen LogP contribution < -0.4 is 0 Å². The molecular weight excluding hydrogens is 321 g/mol. The predicted molar refractivity (Wildman–Crippen MR) is 82.3 cm³/mol. The number of aliphatic hydroxyl groups excluding tert-OH is 1. The fourth-order valence-corrected chi connectivity index (χ4v) is 3.77. The molecule has 114 valence electrons. The summed E-state index contributed by atoms with van der Waals surface area (Å²) in [5.74, 6) is -0.0383. The molecule has 0 spiro atoms. The Morgan fingerprint density at radius 2 is 1.95 bits per heavy atom. The largest absolute Gasteiger partial charge is 0.393 e. The number of aliphatic hydroxyl groups is 1. The highest BCUT2D eigenvalue weighted by Crippen LogP contribution is 2.25. The van der Waals surface area contributed by atoms with E-state index in [1.165, 1.54) is 12.1 Å². The molecule has 20 heavy (non-hydrogen) atoms. The van der Waals surface area contributed by atoms with Crippen LogP contribution in [0.4, 0.5) is 0 Å². The molecule has 0 heterocycles. The number of hydrogen-bond acceptors (Lipinski definition) is 4. The first-order valence-corrected chi connectivity index (χ1v) is 8.67. The van der Waals surface area contributed by atoms with Gasteiger partial charge >= 0.3 is 0 Å². The summed E-state index contributed by atoms with van der Waals surface area (Å²) in [6.07, 6.45) is 0.213. The van der Waals surface area contributed by atoms with Crippen molar-refractivity contribution in [2.75, 3.05) is 25.9 Å². The molecule has 1 atom stereocenters. The van der Waals surface area contributed by atoms with Crippen LogP contribution in [0, 0.1) is 0 Å². The molecule has 1 N–H and O–H groups in total. The topological polar surface area (TPSA) is 57.6 Å². The van der Waals surface area contributed by atoms with Gasteiger partial charge in [-0.15, -0.1) is 0 Å². The van der Waals surface area contributed by atoms with Crippen molar-refractivity contribution in [2.45, 2.75) is 24.3 Å². The Balaban J connectivity index is 2.68. The number of nitrogens with zero attached hydrogens (tertiary/aromatic N) is 1. The van der Waals surface area contributed by atoms with Crippen LogP contribution in [0.1, 0.15) is 13.3 Å². The van der Waals surface area contributed by atoms with Gasteiger partial charge in [-0.1, -0.05) is 23.2 Å². The maximum atomic E-state index is 12.2. The highest BCUT2D eigenvalue weighted by molar-refractivity contribution is 7.91. The van der Waals surface area contributed by atoms with Crippen molar-refractivity contribution in [2.24, 2.45) is 0 Å². The van der Waals surface area contributed by atoms with Crippen molar-refractivity contribution in [1.29, 1.82) is 0 Å². The zero-order chi connectivity index (χ0) is 15.3. The number of rotatable bonds is 7. The van der Waals surface area contributed by atoms with Gasteiger partial charge in [-0.2, -0.15) is 0 Å². The minimum absolute atomic E-state index is 0.0383. The van der Waals surface area contributed by atoms with Crippen molar-refractivity contribution < 1.29 is 13.5 Å². The second-order valence-electron chi connectivity index (χ2n) is 4.83. The Bertz CT molecular complexity index is 547. The van der Waals surface area contributed by atoms with Crippen LogP contribution in [0.25, 0.3) is 0 Å². The maximum absolute atomic E-state index is 12.2. The predicted octanol–water partition coefficient (Wildman–Crippen LogP) is 2.47. The van der Waals surface area contributed by atoms with E-state index in [1.54, 1.807) is 13.0 Å². The Morgan fingerprint density at radius 3 is 2.55 bits per heavy atom. The molecule has 0 aliphatic rings. The lowest BCUT2D eigenvalue weighted by atomic mass is 10.3. The Hall–Kier alpha value is -0.330. The zero-order valence-corrected chi connectivity index (χ0v) is 13.8. The molecule has 0 fully saturated rings. The first kappa shape index (κ1) is 17.7. The molecule has 1 aromatic carbocycles. The number of benzene rings is 1. The van der Waals surface area contributed by atoms with Crippen LogP contribution in [0.2, 0.25) is 10.0 Å². The van der Waals surface area contributed by atoms with Gasteiger partial charge < -0.3 is 10.0 Å². The van der Waals surface area contributed by atoms with Crippen molar-refractivity contribution in [1.82, 2.24) is 4.90 Å². The summed E-state index contributed by atoms with van der Waals surface area (Å²) in [5, 5.41) is 9.72. The Morgan fingerprint density at radius 1 is 1.30 bits per heavy atom. The number of sulfone groups is 1. The molecule has 7 heteroatoms. The molecule has 0 aliphatic heterocycles. The first-order chi connectivity index (χ1) is 9.22. The molecular formula is C13H19Cl2NO3S. The third kappa shape index (κ3) is 5.58. The fourth-order valence-electron chi connectivity index (χ4n) is 1.62. The van der Waals surface area contributed by atoms with Crippen molar-refractivity contribution in [3.8, 4) is 0 Å². The Labute approximate surface area is 130 Å². The van der Waals surface area contributed by atoms with Gasteiger partial charge in [0.2, 0.25) is 0 Å². The lowest BCUT2D eigenvalue weighted by molar-refractivity contribution is 0.166. The first-order valence-electron chi connectivity index (χ1n) is 6.27. The molecule has 4 nitrogen and oxygen atoms in total. The summed E-state index contributed by atoms with van der Waals surface area (Å²) in [7, 11) is -1.65. The van der Waals surface area contributed by atoms with Gasteiger partial charge in [0, 0.05) is 18.1 Å². The van der Waals surface area contributed by atoms with E-state index in [9.17, 15) is 13.5 Å². The van der Waals surface area contributed by atoms with E-state index in [2.05, 4.69) is 0 Å².